The number of aliphatic hydroxyl groups is 1. The van der Waals surface area contributed by atoms with Crippen LogP contribution in [0.15, 0.2) is 30.3 Å². The van der Waals surface area contributed by atoms with Gasteiger partial charge in [-0.15, -0.1) is 12.4 Å². The molecule has 0 saturated heterocycles. The summed E-state index contributed by atoms with van der Waals surface area (Å²) in [6.45, 7) is 0.671. The van der Waals surface area contributed by atoms with Crippen molar-refractivity contribution in [3.05, 3.63) is 35.9 Å². The Kier molecular flexibility index (Phi) is 5.71. The van der Waals surface area contributed by atoms with Gasteiger partial charge in [0.2, 0.25) is 0 Å². The molecular weight excluding hydrogens is 186 g/mol. The maximum absolute atomic E-state index is 9.65. The number of hydrogen-bond acceptors (Lipinski definition) is 2. The average Bonchev–Trinajstić information content (AvgIpc) is 2.05. The summed E-state index contributed by atoms with van der Waals surface area (Å²) in [5.41, 5.74) is 0.978. The Balaban J connectivity index is 0.00000144. The van der Waals surface area contributed by atoms with Gasteiger partial charge in [0.15, 0.2) is 0 Å². The van der Waals surface area contributed by atoms with E-state index in [0.717, 1.165) is 5.56 Å². The molecule has 74 valence electrons. The van der Waals surface area contributed by atoms with Crippen molar-refractivity contribution >= 4 is 12.4 Å². The highest BCUT2D eigenvalue weighted by Crippen LogP contribution is 2.11. The first kappa shape index (κ1) is 12.4. The Bertz CT molecular complexity index is 226. The summed E-state index contributed by atoms with van der Waals surface area (Å²) in [5, 5.41) is 9.65. The van der Waals surface area contributed by atoms with Crippen LogP contribution in [0.1, 0.15) is 11.7 Å². The molecule has 0 spiro atoms. The molecule has 0 bridgehead atoms. The molecule has 0 radical (unpaired) electrons. The molecule has 13 heavy (non-hydrogen) atoms. The van der Waals surface area contributed by atoms with Gasteiger partial charge in [-0.25, -0.2) is 0 Å². The molecule has 1 rings (SSSR count). The molecule has 1 N–H and O–H groups in total. The minimum Gasteiger partial charge on any atom is -0.387 e. The van der Waals surface area contributed by atoms with E-state index in [1.807, 2.05) is 49.3 Å². The van der Waals surface area contributed by atoms with Gasteiger partial charge in [-0.1, -0.05) is 30.3 Å². The monoisotopic (exact) mass is 201 g/mol. The van der Waals surface area contributed by atoms with Gasteiger partial charge in [0, 0.05) is 6.54 Å². The lowest BCUT2D eigenvalue weighted by atomic mass is 10.1. The predicted octanol–water partition coefficient (Wildman–Crippen LogP) is 1.70. The van der Waals surface area contributed by atoms with Crippen molar-refractivity contribution in [1.29, 1.82) is 0 Å². The standard InChI is InChI=1S/C10H15NO.ClH/c1-11(2)8-10(12)9-6-4-3-5-7-9;/h3-7,10,12H,8H2,1-2H3;1H. The van der Waals surface area contributed by atoms with Crippen molar-refractivity contribution in [1.82, 2.24) is 4.90 Å². The normalized spacial score (nSPS) is 12.3. The molecule has 0 aliphatic carbocycles. The summed E-state index contributed by atoms with van der Waals surface area (Å²) in [7, 11) is 3.90. The molecule has 0 aliphatic heterocycles. The van der Waals surface area contributed by atoms with Gasteiger partial charge >= 0.3 is 0 Å². The van der Waals surface area contributed by atoms with Crippen molar-refractivity contribution in [2.45, 2.75) is 6.10 Å². The molecule has 1 aromatic carbocycles. The minimum atomic E-state index is -0.374. The summed E-state index contributed by atoms with van der Waals surface area (Å²) in [4.78, 5) is 1.97. The molecule has 0 aromatic heterocycles. The van der Waals surface area contributed by atoms with E-state index in [-0.39, 0.29) is 18.5 Å². The highest BCUT2D eigenvalue weighted by molar-refractivity contribution is 5.85. The first-order valence-corrected chi connectivity index (χ1v) is 4.08. The number of nitrogens with zero attached hydrogens (tertiary/aromatic N) is 1. The number of likely N-dealkylation sites (N-methyl/N-ethyl adjacent to an activating group) is 1. The van der Waals surface area contributed by atoms with Crippen LogP contribution in [0.2, 0.25) is 0 Å². The van der Waals surface area contributed by atoms with Crippen molar-refractivity contribution in [2.75, 3.05) is 20.6 Å². The lowest BCUT2D eigenvalue weighted by Crippen LogP contribution is -2.19. The molecule has 0 heterocycles. The molecular formula is C10H16ClNO. The van der Waals surface area contributed by atoms with Crippen LogP contribution in [0.25, 0.3) is 0 Å². The zero-order valence-electron chi connectivity index (χ0n) is 7.97. The van der Waals surface area contributed by atoms with Crippen LogP contribution in [0, 0.1) is 0 Å². The fraction of sp³-hybridized carbons (Fsp3) is 0.400. The highest BCUT2D eigenvalue weighted by Gasteiger charge is 2.06. The minimum absolute atomic E-state index is 0. The zero-order valence-corrected chi connectivity index (χ0v) is 8.79. The first-order valence-electron chi connectivity index (χ1n) is 4.08. The Morgan fingerprint density at radius 3 is 2.23 bits per heavy atom. The molecule has 1 atom stereocenters. The van der Waals surface area contributed by atoms with E-state index in [0.29, 0.717) is 6.54 Å². The fourth-order valence-electron chi connectivity index (χ4n) is 1.13. The van der Waals surface area contributed by atoms with Crippen molar-refractivity contribution in [2.24, 2.45) is 0 Å². The van der Waals surface area contributed by atoms with Crippen molar-refractivity contribution in [3.63, 3.8) is 0 Å². The second kappa shape index (κ2) is 5.97. The Labute approximate surface area is 85.6 Å². The molecule has 0 amide bonds. The lowest BCUT2D eigenvalue weighted by Gasteiger charge is -2.15. The highest BCUT2D eigenvalue weighted by atomic mass is 35.5. The summed E-state index contributed by atoms with van der Waals surface area (Å²) in [5.74, 6) is 0. The van der Waals surface area contributed by atoms with E-state index in [4.69, 9.17) is 0 Å². The van der Waals surface area contributed by atoms with Crippen LogP contribution in [0.5, 0.6) is 0 Å². The summed E-state index contributed by atoms with van der Waals surface area (Å²) in [6, 6.07) is 9.70. The first-order chi connectivity index (χ1) is 5.70. The van der Waals surface area contributed by atoms with E-state index in [1.54, 1.807) is 0 Å². The number of aliphatic hydroxyl groups excluding tert-OH is 1. The van der Waals surface area contributed by atoms with E-state index in [9.17, 15) is 5.11 Å². The molecule has 2 nitrogen and oxygen atoms in total. The van der Waals surface area contributed by atoms with Crippen LogP contribution >= 0.6 is 12.4 Å². The number of halogens is 1. The third kappa shape index (κ3) is 4.27. The SMILES string of the molecule is CN(C)CC(O)c1ccccc1.Cl. The second-order valence-corrected chi connectivity index (χ2v) is 3.19. The summed E-state index contributed by atoms with van der Waals surface area (Å²) in [6.07, 6.45) is -0.374. The summed E-state index contributed by atoms with van der Waals surface area (Å²) < 4.78 is 0. The molecule has 0 aliphatic rings. The third-order valence-electron chi connectivity index (χ3n) is 1.72. The van der Waals surface area contributed by atoms with Gasteiger partial charge in [-0.05, 0) is 19.7 Å². The topological polar surface area (TPSA) is 23.5 Å². The van der Waals surface area contributed by atoms with Crippen LogP contribution in [-0.4, -0.2) is 30.6 Å². The van der Waals surface area contributed by atoms with Crippen LogP contribution in [0.3, 0.4) is 0 Å². The van der Waals surface area contributed by atoms with E-state index >= 15 is 0 Å². The number of benzene rings is 1. The summed E-state index contributed by atoms with van der Waals surface area (Å²) >= 11 is 0. The van der Waals surface area contributed by atoms with E-state index in [2.05, 4.69) is 0 Å². The predicted molar refractivity (Wildman–Crippen MR) is 57.2 cm³/mol. The number of rotatable bonds is 3. The van der Waals surface area contributed by atoms with Gasteiger partial charge in [-0.3, -0.25) is 0 Å². The van der Waals surface area contributed by atoms with Gasteiger partial charge in [0.25, 0.3) is 0 Å². The molecule has 0 saturated carbocycles. The third-order valence-corrected chi connectivity index (χ3v) is 1.72. The fourth-order valence-corrected chi connectivity index (χ4v) is 1.13. The zero-order chi connectivity index (χ0) is 8.97. The molecule has 3 heteroatoms. The largest absolute Gasteiger partial charge is 0.387 e. The second-order valence-electron chi connectivity index (χ2n) is 3.19. The molecule has 1 aromatic rings. The lowest BCUT2D eigenvalue weighted by molar-refractivity contribution is 0.138. The number of hydrogen-bond donors (Lipinski definition) is 1. The van der Waals surface area contributed by atoms with Crippen LogP contribution in [0.4, 0.5) is 0 Å². The maximum atomic E-state index is 9.65. The smallest absolute Gasteiger partial charge is 0.0916 e. The van der Waals surface area contributed by atoms with Gasteiger partial charge in [0.05, 0.1) is 6.10 Å². The maximum Gasteiger partial charge on any atom is 0.0916 e. The molecule has 1 unspecified atom stereocenters. The van der Waals surface area contributed by atoms with Crippen molar-refractivity contribution in [3.8, 4) is 0 Å². The Morgan fingerprint density at radius 1 is 1.23 bits per heavy atom. The average molecular weight is 202 g/mol. The van der Waals surface area contributed by atoms with Gasteiger partial charge < -0.3 is 10.0 Å². The Morgan fingerprint density at radius 2 is 1.77 bits per heavy atom. The van der Waals surface area contributed by atoms with Gasteiger partial charge in [0.1, 0.15) is 0 Å². The Hall–Kier alpha value is -0.570. The van der Waals surface area contributed by atoms with E-state index < -0.39 is 0 Å². The van der Waals surface area contributed by atoms with Crippen LogP contribution < -0.4 is 0 Å². The quantitative estimate of drug-likeness (QED) is 0.805. The van der Waals surface area contributed by atoms with E-state index in [1.165, 1.54) is 0 Å². The van der Waals surface area contributed by atoms with Crippen molar-refractivity contribution < 1.29 is 5.11 Å². The molecule has 0 fully saturated rings. The van der Waals surface area contributed by atoms with Crippen LogP contribution in [-0.2, 0) is 0 Å². The van der Waals surface area contributed by atoms with Gasteiger partial charge in [-0.2, -0.15) is 0 Å².